The van der Waals surface area contributed by atoms with Crippen molar-refractivity contribution in [2.24, 2.45) is 0 Å². The van der Waals surface area contributed by atoms with Crippen LogP contribution in [0, 0.1) is 5.82 Å². The molecule has 7 nitrogen and oxygen atoms in total. The zero-order valence-electron chi connectivity index (χ0n) is 14.9. The number of nitrogens with zero attached hydrogens (tertiary/aromatic N) is 4. The van der Waals surface area contributed by atoms with Crippen LogP contribution in [-0.4, -0.2) is 32.2 Å². The summed E-state index contributed by atoms with van der Waals surface area (Å²) in [7, 11) is 0. The molecule has 8 heteroatoms. The zero-order chi connectivity index (χ0) is 18.6. The molecule has 27 heavy (non-hydrogen) atoms. The van der Waals surface area contributed by atoms with E-state index in [1.54, 1.807) is 10.7 Å². The lowest BCUT2D eigenvalue weighted by molar-refractivity contribution is 0.269. The van der Waals surface area contributed by atoms with Gasteiger partial charge in [-0.25, -0.2) is 18.9 Å². The Kier molecular flexibility index (Phi) is 3.37. The lowest BCUT2D eigenvalue weighted by Gasteiger charge is -2.22. The largest absolute Gasteiger partial charge is 0.475 e. The van der Waals surface area contributed by atoms with Crippen LogP contribution < -0.4 is 15.4 Å². The third kappa shape index (κ3) is 2.68. The van der Waals surface area contributed by atoms with Gasteiger partial charge in [-0.3, -0.25) is 0 Å². The van der Waals surface area contributed by atoms with Gasteiger partial charge < -0.3 is 15.4 Å². The molecule has 0 saturated heterocycles. The van der Waals surface area contributed by atoms with Gasteiger partial charge in [-0.05, 0) is 31.9 Å². The predicted octanol–water partition coefficient (Wildman–Crippen LogP) is 2.71. The molecule has 0 unspecified atom stereocenters. The molecule has 5 rings (SSSR count). The summed E-state index contributed by atoms with van der Waals surface area (Å²) in [5.74, 6) is 0.761. The highest BCUT2D eigenvalue weighted by Crippen LogP contribution is 2.50. The van der Waals surface area contributed by atoms with E-state index in [1.807, 2.05) is 19.2 Å². The normalized spacial score (nSPS) is 20.7. The van der Waals surface area contributed by atoms with Crippen molar-refractivity contribution in [2.75, 3.05) is 11.9 Å². The number of hydrogen-bond acceptors (Lipinski definition) is 6. The van der Waals surface area contributed by atoms with Crippen LogP contribution in [-0.2, 0) is 5.54 Å². The van der Waals surface area contributed by atoms with E-state index >= 15 is 0 Å². The molecule has 3 aromatic rings. The minimum Gasteiger partial charge on any atom is -0.475 e. The second-order valence-corrected chi connectivity index (χ2v) is 7.19. The molecule has 2 aliphatic rings. The molecule has 1 aliphatic heterocycles. The highest BCUT2D eigenvalue weighted by atomic mass is 19.1. The molecule has 1 saturated carbocycles. The van der Waals surface area contributed by atoms with Crippen LogP contribution in [0.4, 0.5) is 10.2 Å². The maximum atomic E-state index is 13.9. The van der Waals surface area contributed by atoms with Crippen LogP contribution >= 0.6 is 0 Å². The number of nitrogens with one attached hydrogen (secondary N) is 2. The maximum Gasteiger partial charge on any atom is 0.219 e. The van der Waals surface area contributed by atoms with Gasteiger partial charge in [0.15, 0.2) is 5.65 Å². The van der Waals surface area contributed by atoms with E-state index in [0.717, 1.165) is 29.7 Å². The fourth-order valence-corrected chi connectivity index (χ4v) is 3.49. The molecule has 1 atom stereocenters. The average Bonchev–Trinajstić information content (AvgIpc) is 3.29. The van der Waals surface area contributed by atoms with Gasteiger partial charge in [0, 0.05) is 17.5 Å². The Morgan fingerprint density at radius 2 is 2.22 bits per heavy atom. The molecule has 0 radical (unpaired) electrons. The summed E-state index contributed by atoms with van der Waals surface area (Å²) in [4.78, 5) is 8.91. The summed E-state index contributed by atoms with van der Waals surface area (Å²) in [6, 6.07) is 3.33. The smallest absolute Gasteiger partial charge is 0.219 e. The standard InChI is InChI=1S/C19H19FN6O/c1-11-10-27-18-15(7-13(20)8-21-18)19(4-5-19)25-16-3-6-26-17(24-16)14(9-22-26)12(2)23-11/h3,6-9,11,23H,2,4-5,10H2,1H3,(H,24,25)/t11-/m1/s1. The molecule has 2 N–H and O–H groups in total. The first kappa shape index (κ1) is 16.0. The summed E-state index contributed by atoms with van der Waals surface area (Å²) >= 11 is 0. The number of fused-ring (bicyclic) bond motifs is 3. The first-order chi connectivity index (χ1) is 13.0. The molecule has 2 bridgehead atoms. The lowest BCUT2D eigenvalue weighted by Crippen LogP contribution is -2.31. The monoisotopic (exact) mass is 366 g/mol. The van der Waals surface area contributed by atoms with Crippen LogP contribution in [0.1, 0.15) is 30.9 Å². The van der Waals surface area contributed by atoms with Gasteiger partial charge in [-0.15, -0.1) is 0 Å². The Morgan fingerprint density at radius 1 is 1.37 bits per heavy atom. The number of aromatic nitrogens is 4. The molecular formula is C19H19FN6O. The van der Waals surface area contributed by atoms with Crippen molar-refractivity contribution in [3.8, 4) is 5.88 Å². The average molecular weight is 366 g/mol. The van der Waals surface area contributed by atoms with Crippen molar-refractivity contribution in [3.63, 3.8) is 0 Å². The van der Waals surface area contributed by atoms with E-state index in [9.17, 15) is 4.39 Å². The van der Waals surface area contributed by atoms with E-state index in [1.165, 1.54) is 12.3 Å². The van der Waals surface area contributed by atoms with Gasteiger partial charge >= 0.3 is 0 Å². The quantitative estimate of drug-likeness (QED) is 0.637. The van der Waals surface area contributed by atoms with Crippen LogP contribution in [0.15, 0.2) is 37.3 Å². The zero-order valence-corrected chi connectivity index (χ0v) is 14.9. The van der Waals surface area contributed by atoms with Crippen molar-refractivity contribution in [3.05, 3.63) is 54.2 Å². The SMILES string of the molecule is C=C1N[C@H](C)COc2ncc(F)cc2C2(CC2)Nc2ccn3ncc1c3n2. The molecule has 3 aromatic heterocycles. The van der Waals surface area contributed by atoms with Crippen molar-refractivity contribution in [1.82, 2.24) is 24.9 Å². The van der Waals surface area contributed by atoms with E-state index in [-0.39, 0.29) is 11.9 Å². The second kappa shape index (κ2) is 5.67. The van der Waals surface area contributed by atoms with E-state index in [4.69, 9.17) is 9.72 Å². The topological polar surface area (TPSA) is 76.4 Å². The minimum atomic E-state index is -0.419. The molecule has 1 spiro atoms. The van der Waals surface area contributed by atoms with E-state index in [0.29, 0.717) is 24.0 Å². The Bertz CT molecular complexity index is 1060. The van der Waals surface area contributed by atoms with Gasteiger partial charge in [0.05, 0.1) is 29.5 Å². The fourth-order valence-electron chi connectivity index (χ4n) is 3.49. The molecular weight excluding hydrogens is 347 g/mol. The number of ether oxygens (including phenoxy) is 1. The highest BCUT2D eigenvalue weighted by Gasteiger charge is 2.47. The van der Waals surface area contributed by atoms with Crippen molar-refractivity contribution in [1.29, 1.82) is 0 Å². The summed E-state index contributed by atoms with van der Waals surface area (Å²) in [6.45, 7) is 6.48. The Hall–Kier alpha value is -3.16. The first-order valence-corrected chi connectivity index (χ1v) is 8.91. The number of halogens is 1. The van der Waals surface area contributed by atoms with Gasteiger partial charge in [0.25, 0.3) is 0 Å². The van der Waals surface area contributed by atoms with Crippen molar-refractivity contribution < 1.29 is 9.13 Å². The van der Waals surface area contributed by atoms with Gasteiger partial charge in [0.1, 0.15) is 18.2 Å². The summed E-state index contributed by atoms with van der Waals surface area (Å²) in [5.41, 5.74) is 2.56. The van der Waals surface area contributed by atoms with E-state index in [2.05, 4.69) is 27.3 Å². The maximum absolute atomic E-state index is 13.9. The van der Waals surface area contributed by atoms with Gasteiger partial charge in [-0.2, -0.15) is 5.10 Å². The molecule has 4 heterocycles. The molecule has 1 fully saturated rings. The Labute approximate surface area is 155 Å². The lowest BCUT2D eigenvalue weighted by atomic mass is 10.1. The summed E-state index contributed by atoms with van der Waals surface area (Å²) in [6.07, 6.45) is 6.49. The fraction of sp³-hybridized carbons (Fsp3) is 0.316. The summed E-state index contributed by atoms with van der Waals surface area (Å²) in [5, 5.41) is 11.1. The number of pyridine rings is 1. The van der Waals surface area contributed by atoms with Crippen molar-refractivity contribution >= 4 is 17.2 Å². The first-order valence-electron chi connectivity index (χ1n) is 8.91. The van der Waals surface area contributed by atoms with Crippen LogP contribution in [0.5, 0.6) is 5.88 Å². The Morgan fingerprint density at radius 3 is 3.04 bits per heavy atom. The number of anilines is 1. The number of rotatable bonds is 0. The third-order valence-corrected chi connectivity index (χ3v) is 5.04. The van der Waals surface area contributed by atoms with Crippen molar-refractivity contribution in [2.45, 2.75) is 31.3 Å². The van der Waals surface area contributed by atoms with Gasteiger partial charge in [-0.1, -0.05) is 6.58 Å². The third-order valence-electron chi connectivity index (χ3n) is 5.04. The summed E-state index contributed by atoms with van der Waals surface area (Å²) < 4.78 is 21.6. The number of hydrogen-bond donors (Lipinski definition) is 2. The Balaban J connectivity index is 1.66. The molecule has 0 aromatic carbocycles. The van der Waals surface area contributed by atoms with E-state index < -0.39 is 5.54 Å². The van der Waals surface area contributed by atoms with Crippen LogP contribution in [0.25, 0.3) is 11.3 Å². The molecule has 0 amide bonds. The molecule has 138 valence electrons. The predicted molar refractivity (Wildman–Crippen MR) is 98.8 cm³/mol. The molecule has 1 aliphatic carbocycles. The van der Waals surface area contributed by atoms with Gasteiger partial charge in [0.2, 0.25) is 5.88 Å². The second-order valence-electron chi connectivity index (χ2n) is 7.19. The highest BCUT2D eigenvalue weighted by molar-refractivity contribution is 5.74. The van der Waals surface area contributed by atoms with Crippen LogP contribution in [0.3, 0.4) is 0 Å². The minimum absolute atomic E-state index is 0.0285. The van der Waals surface area contributed by atoms with Crippen LogP contribution in [0.2, 0.25) is 0 Å².